The number of nitrogens with zero attached hydrogens (tertiary/aromatic N) is 1. The number of carbonyl (C=O) groups is 2. The second-order valence-electron chi connectivity index (χ2n) is 7.11. The van der Waals surface area contributed by atoms with Crippen LogP contribution in [0.4, 0.5) is 5.69 Å². The minimum absolute atomic E-state index is 0. The van der Waals surface area contributed by atoms with Crippen LogP contribution >= 0.6 is 12.4 Å². The molecule has 1 aromatic rings. The van der Waals surface area contributed by atoms with Crippen molar-refractivity contribution in [2.24, 2.45) is 11.7 Å². The van der Waals surface area contributed by atoms with Gasteiger partial charge in [0, 0.05) is 24.3 Å². The zero-order valence-corrected chi connectivity index (χ0v) is 15.1. The molecule has 6 heteroatoms. The number of aryl methyl sites for hydroxylation is 1. The highest BCUT2D eigenvalue weighted by Crippen LogP contribution is 2.33. The van der Waals surface area contributed by atoms with Crippen LogP contribution in [0.15, 0.2) is 18.2 Å². The average molecular weight is 352 g/mol. The zero-order chi connectivity index (χ0) is 16.6. The lowest BCUT2D eigenvalue weighted by Crippen LogP contribution is -2.38. The van der Waals surface area contributed by atoms with Crippen molar-refractivity contribution in [3.63, 3.8) is 0 Å². The van der Waals surface area contributed by atoms with Crippen molar-refractivity contribution in [2.45, 2.75) is 45.1 Å². The molecule has 3 N–H and O–H groups in total. The fourth-order valence-corrected chi connectivity index (χ4v) is 2.94. The summed E-state index contributed by atoms with van der Waals surface area (Å²) in [6.07, 6.45) is 3.61. The van der Waals surface area contributed by atoms with E-state index in [1.807, 2.05) is 17.9 Å². The van der Waals surface area contributed by atoms with E-state index in [0.717, 1.165) is 50.0 Å². The third-order valence-corrected chi connectivity index (χ3v) is 5.03. The lowest BCUT2D eigenvalue weighted by atomic mass is 9.98. The van der Waals surface area contributed by atoms with E-state index in [4.69, 9.17) is 5.73 Å². The molecule has 0 spiro atoms. The normalized spacial score (nSPS) is 19.4. The largest absolute Gasteiger partial charge is 0.339 e. The summed E-state index contributed by atoms with van der Waals surface area (Å²) in [7, 11) is 0. The van der Waals surface area contributed by atoms with Gasteiger partial charge in [-0.15, -0.1) is 12.4 Å². The van der Waals surface area contributed by atoms with Gasteiger partial charge in [0.05, 0.1) is 5.54 Å². The summed E-state index contributed by atoms with van der Waals surface area (Å²) < 4.78 is 0. The second-order valence-corrected chi connectivity index (χ2v) is 7.11. The molecule has 1 aliphatic heterocycles. The Kier molecular flexibility index (Phi) is 5.56. The van der Waals surface area contributed by atoms with E-state index >= 15 is 0 Å². The predicted octanol–water partition coefficient (Wildman–Crippen LogP) is 2.72. The maximum absolute atomic E-state index is 12.6. The number of anilines is 1. The molecule has 0 bridgehead atoms. The summed E-state index contributed by atoms with van der Waals surface area (Å²) >= 11 is 0. The van der Waals surface area contributed by atoms with Crippen LogP contribution < -0.4 is 11.1 Å². The van der Waals surface area contributed by atoms with Crippen LogP contribution in [0.25, 0.3) is 0 Å². The van der Waals surface area contributed by atoms with Crippen LogP contribution in [0.2, 0.25) is 0 Å². The number of rotatable bonds is 3. The molecular weight excluding hydrogens is 326 g/mol. The van der Waals surface area contributed by atoms with Gasteiger partial charge in [-0.3, -0.25) is 9.59 Å². The van der Waals surface area contributed by atoms with E-state index < -0.39 is 5.54 Å². The minimum atomic E-state index is -0.689. The molecular formula is C18H26ClN3O2. The van der Waals surface area contributed by atoms with Crippen molar-refractivity contribution in [3.05, 3.63) is 29.3 Å². The van der Waals surface area contributed by atoms with Gasteiger partial charge in [-0.25, -0.2) is 0 Å². The van der Waals surface area contributed by atoms with Gasteiger partial charge >= 0.3 is 0 Å². The fourth-order valence-electron chi connectivity index (χ4n) is 2.94. The first-order valence-corrected chi connectivity index (χ1v) is 8.39. The Morgan fingerprint density at radius 1 is 1.25 bits per heavy atom. The van der Waals surface area contributed by atoms with Gasteiger partial charge in [0.2, 0.25) is 5.91 Å². The summed E-state index contributed by atoms with van der Waals surface area (Å²) in [5, 5.41) is 2.88. The molecule has 0 atom stereocenters. The van der Waals surface area contributed by atoms with Gasteiger partial charge in [0.15, 0.2) is 0 Å². The molecule has 2 aliphatic rings. The van der Waals surface area contributed by atoms with Crippen LogP contribution in [0, 0.1) is 12.8 Å². The van der Waals surface area contributed by atoms with Crippen molar-refractivity contribution in [3.8, 4) is 0 Å². The smallest absolute Gasteiger partial charge is 0.253 e. The molecule has 1 aromatic carbocycles. The molecule has 3 rings (SSSR count). The first-order valence-electron chi connectivity index (χ1n) is 8.39. The summed E-state index contributed by atoms with van der Waals surface area (Å²) in [5.74, 6) is 0.643. The number of benzene rings is 1. The Morgan fingerprint density at radius 2 is 1.88 bits per heavy atom. The van der Waals surface area contributed by atoms with Gasteiger partial charge in [-0.1, -0.05) is 6.92 Å². The van der Waals surface area contributed by atoms with E-state index in [1.165, 1.54) is 0 Å². The number of hydrogen-bond donors (Lipinski definition) is 2. The van der Waals surface area contributed by atoms with Crippen molar-refractivity contribution < 1.29 is 9.59 Å². The Bertz CT molecular complexity index is 635. The number of hydrogen-bond acceptors (Lipinski definition) is 3. The van der Waals surface area contributed by atoms with Crippen LogP contribution in [0.1, 0.15) is 48.5 Å². The minimum Gasteiger partial charge on any atom is -0.339 e. The van der Waals surface area contributed by atoms with Crippen LogP contribution in [-0.4, -0.2) is 35.3 Å². The lowest BCUT2D eigenvalue weighted by molar-refractivity contribution is -0.118. The van der Waals surface area contributed by atoms with Gasteiger partial charge in [0.25, 0.3) is 5.91 Å². The third kappa shape index (κ3) is 3.90. The van der Waals surface area contributed by atoms with Crippen molar-refractivity contribution in [1.82, 2.24) is 4.90 Å². The molecule has 24 heavy (non-hydrogen) atoms. The highest BCUT2D eigenvalue weighted by atomic mass is 35.5. The number of amides is 2. The lowest BCUT2D eigenvalue weighted by Gasteiger charge is -2.30. The Hall–Kier alpha value is -1.59. The third-order valence-electron chi connectivity index (χ3n) is 5.03. The van der Waals surface area contributed by atoms with Crippen LogP contribution in [0.3, 0.4) is 0 Å². The Morgan fingerprint density at radius 3 is 2.42 bits per heavy atom. The van der Waals surface area contributed by atoms with Crippen LogP contribution in [0.5, 0.6) is 0 Å². The summed E-state index contributed by atoms with van der Waals surface area (Å²) in [6, 6.07) is 5.45. The maximum atomic E-state index is 12.6. The summed E-state index contributed by atoms with van der Waals surface area (Å²) in [4.78, 5) is 26.5. The first-order chi connectivity index (χ1) is 10.9. The average Bonchev–Trinajstić information content (AvgIpc) is 3.28. The first kappa shape index (κ1) is 18.7. The molecule has 0 aromatic heterocycles. The number of carbonyl (C=O) groups excluding carboxylic acids is 2. The van der Waals surface area contributed by atoms with Gasteiger partial charge in [0.1, 0.15) is 0 Å². The van der Waals surface area contributed by atoms with Gasteiger partial charge in [-0.05, 0) is 62.3 Å². The number of likely N-dealkylation sites (tertiary alicyclic amines) is 1. The van der Waals surface area contributed by atoms with Gasteiger partial charge in [-0.2, -0.15) is 0 Å². The number of nitrogens with two attached hydrogens (primary N) is 1. The number of halogens is 1. The van der Waals surface area contributed by atoms with Crippen LogP contribution in [-0.2, 0) is 4.79 Å². The molecule has 1 saturated heterocycles. The molecule has 1 saturated carbocycles. The molecule has 2 amide bonds. The van der Waals surface area contributed by atoms with Crippen molar-refractivity contribution in [1.29, 1.82) is 0 Å². The predicted molar refractivity (Wildman–Crippen MR) is 97.5 cm³/mol. The topological polar surface area (TPSA) is 75.4 Å². The second kappa shape index (κ2) is 7.11. The van der Waals surface area contributed by atoms with E-state index in [1.54, 1.807) is 12.1 Å². The summed E-state index contributed by atoms with van der Waals surface area (Å²) in [6.45, 7) is 5.79. The maximum Gasteiger partial charge on any atom is 0.253 e. The SMILES string of the molecule is Cc1cc(C(=O)N2CCC(C)CC2)ccc1NC(=O)C1(N)CC1.Cl. The number of nitrogens with one attached hydrogen (secondary N) is 1. The quantitative estimate of drug-likeness (QED) is 0.879. The number of piperidine rings is 1. The molecule has 0 radical (unpaired) electrons. The van der Waals surface area contributed by atoms with Gasteiger partial charge < -0.3 is 16.0 Å². The Labute approximate surface area is 149 Å². The molecule has 1 aliphatic carbocycles. The highest BCUT2D eigenvalue weighted by Gasteiger charge is 2.46. The van der Waals surface area contributed by atoms with E-state index in [0.29, 0.717) is 11.5 Å². The van der Waals surface area contributed by atoms with E-state index in [9.17, 15) is 9.59 Å². The molecule has 2 fully saturated rings. The van der Waals surface area contributed by atoms with E-state index in [-0.39, 0.29) is 24.2 Å². The van der Waals surface area contributed by atoms with Crippen molar-refractivity contribution in [2.75, 3.05) is 18.4 Å². The summed E-state index contributed by atoms with van der Waals surface area (Å²) in [5.41, 5.74) is 7.52. The highest BCUT2D eigenvalue weighted by molar-refractivity contribution is 6.01. The zero-order valence-electron chi connectivity index (χ0n) is 14.3. The fraction of sp³-hybridized carbons (Fsp3) is 0.556. The molecule has 0 unspecified atom stereocenters. The monoisotopic (exact) mass is 351 g/mol. The molecule has 132 valence electrons. The van der Waals surface area contributed by atoms with Crippen molar-refractivity contribution >= 4 is 29.9 Å². The molecule has 1 heterocycles. The Balaban J connectivity index is 0.00000208. The van der Waals surface area contributed by atoms with E-state index in [2.05, 4.69) is 12.2 Å². The molecule has 5 nitrogen and oxygen atoms in total. The standard InChI is InChI=1S/C18H25N3O2.ClH/c1-12-5-9-21(10-6-12)16(22)14-3-4-15(13(2)11-14)20-17(23)18(19)7-8-18;/h3-4,11-12H,5-10,19H2,1-2H3,(H,20,23);1H.